The number of hydrogen-bond donors (Lipinski definition) is 2. The minimum absolute atomic E-state index is 0.219. The molecule has 0 aliphatic heterocycles. The van der Waals surface area contributed by atoms with Gasteiger partial charge in [0, 0.05) is 24.3 Å². The molecule has 2 aromatic heterocycles. The quantitative estimate of drug-likeness (QED) is 0.713. The van der Waals surface area contributed by atoms with Crippen LogP contribution in [0.3, 0.4) is 0 Å². The third-order valence-electron chi connectivity index (χ3n) is 2.82. The maximum Gasteiger partial charge on any atom is 0.216 e. The van der Waals surface area contributed by atoms with Crippen molar-refractivity contribution >= 4 is 22.9 Å². The number of H-pyrrole nitrogens is 1. The maximum absolute atomic E-state index is 9.08. The van der Waals surface area contributed by atoms with E-state index >= 15 is 0 Å². The summed E-state index contributed by atoms with van der Waals surface area (Å²) < 4.78 is 1.81. The second-order valence-corrected chi connectivity index (χ2v) is 4.59. The van der Waals surface area contributed by atoms with E-state index in [1.807, 2.05) is 22.8 Å². The van der Waals surface area contributed by atoms with Crippen molar-refractivity contribution in [1.82, 2.24) is 30.2 Å². The van der Waals surface area contributed by atoms with Gasteiger partial charge in [-0.15, -0.1) is 10.2 Å². The average Bonchev–Trinajstić information content (AvgIpc) is 3.21. The zero-order chi connectivity index (χ0) is 15.4. The van der Waals surface area contributed by atoms with Crippen molar-refractivity contribution in [3.8, 4) is 11.8 Å². The van der Waals surface area contributed by atoms with Crippen LogP contribution in [-0.2, 0) is 0 Å². The molecular weight excluding hydrogens is 304 g/mol. The van der Waals surface area contributed by atoms with Crippen LogP contribution < -0.4 is 5.32 Å². The molecule has 2 heterocycles. The fourth-order valence-electron chi connectivity index (χ4n) is 1.79. The second-order valence-electron chi connectivity index (χ2n) is 4.19. The first kappa shape index (κ1) is 13.8. The number of rotatable bonds is 4. The smallest absolute Gasteiger partial charge is 0.216 e. The van der Waals surface area contributed by atoms with E-state index in [0.29, 0.717) is 5.02 Å². The molecule has 9 heteroatoms. The lowest BCUT2D eigenvalue weighted by Gasteiger charge is -2.07. The van der Waals surface area contributed by atoms with Crippen LogP contribution in [0.15, 0.2) is 43.1 Å². The molecule has 0 saturated carbocycles. The van der Waals surface area contributed by atoms with Crippen LogP contribution in [0.5, 0.6) is 0 Å². The summed E-state index contributed by atoms with van der Waals surface area (Å²) >= 11 is 6.26. The number of imidazole rings is 1. The molecule has 0 aliphatic carbocycles. The van der Waals surface area contributed by atoms with Crippen molar-refractivity contribution in [1.29, 1.82) is 5.26 Å². The topological polar surface area (TPSA) is 108 Å². The third-order valence-corrected chi connectivity index (χ3v) is 3.12. The van der Waals surface area contributed by atoms with E-state index in [4.69, 9.17) is 16.9 Å². The molecule has 2 N–H and O–H groups in total. The van der Waals surface area contributed by atoms with Gasteiger partial charge in [-0.3, -0.25) is 0 Å². The van der Waals surface area contributed by atoms with Crippen LogP contribution in [0.25, 0.3) is 11.3 Å². The standard InChI is InChI=1S/C13H9ClN8/c14-11-5-10(1-2-12(11)22-4-3-16-8-22)17-7-9(6-15)13-18-20-21-19-13/h1-5,7-8,17H,(H,18,19,20,21). The summed E-state index contributed by atoms with van der Waals surface area (Å²) in [6.45, 7) is 0. The molecule has 0 aliphatic rings. The monoisotopic (exact) mass is 312 g/mol. The van der Waals surface area contributed by atoms with Gasteiger partial charge in [-0.2, -0.15) is 10.5 Å². The first-order chi connectivity index (χ1) is 10.8. The Morgan fingerprint density at radius 2 is 2.36 bits per heavy atom. The molecule has 0 unspecified atom stereocenters. The molecule has 0 fully saturated rings. The lowest BCUT2D eigenvalue weighted by molar-refractivity contribution is 0.881. The fraction of sp³-hybridized carbons (Fsp3) is 0. The number of hydrogen-bond acceptors (Lipinski definition) is 6. The van der Waals surface area contributed by atoms with Crippen LogP contribution in [0.4, 0.5) is 5.69 Å². The molecule has 8 nitrogen and oxygen atoms in total. The molecule has 22 heavy (non-hydrogen) atoms. The molecule has 0 spiro atoms. The highest BCUT2D eigenvalue weighted by atomic mass is 35.5. The molecule has 3 aromatic rings. The number of benzene rings is 1. The highest BCUT2D eigenvalue weighted by Crippen LogP contribution is 2.24. The number of nitrogens with zero attached hydrogens (tertiary/aromatic N) is 6. The number of allylic oxidation sites excluding steroid dienone is 1. The minimum atomic E-state index is 0.219. The summed E-state index contributed by atoms with van der Waals surface area (Å²) in [6, 6.07) is 7.42. The van der Waals surface area contributed by atoms with Gasteiger partial charge in [0.15, 0.2) is 0 Å². The summed E-state index contributed by atoms with van der Waals surface area (Å²) in [5, 5.41) is 25.8. The van der Waals surface area contributed by atoms with Crippen molar-refractivity contribution in [2.24, 2.45) is 0 Å². The molecule has 0 saturated heterocycles. The minimum Gasteiger partial charge on any atom is -0.360 e. The summed E-state index contributed by atoms with van der Waals surface area (Å²) in [5.41, 5.74) is 1.79. The lowest BCUT2D eigenvalue weighted by Crippen LogP contribution is -1.95. The van der Waals surface area contributed by atoms with E-state index in [0.717, 1.165) is 11.4 Å². The van der Waals surface area contributed by atoms with E-state index in [-0.39, 0.29) is 11.4 Å². The summed E-state index contributed by atoms with van der Waals surface area (Å²) in [6.07, 6.45) is 6.64. The van der Waals surface area contributed by atoms with Gasteiger partial charge in [0.05, 0.1) is 17.0 Å². The number of tetrazole rings is 1. The van der Waals surface area contributed by atoms with E-state index < -0.39 is 0 Å². The SMILES string of the molecule is N#CC(=CNc1ccc(-n2ccnc2)c(Cl)c1)c1nn[nH]n1. The van der Waals surface area contributed by atoms with Crippen LogP contribution >= 0.6 is 11.6 Å². The summed E-state index contributed by atoms with van der Waals surface area (Å²) in [4.78, 5) is 3.98. The Morgan fingerprint density at radius 1 is 1.45 bits per heavy atom. The Bertz CT molecular complexity index is 830. The molecular formula is C13H9ClN8. The third kappa shape index (κ3) is 2.79. The molecule has 108 valence electrons. The molecule has 0 radical (unpaired) electrons. The van der Waals surface area contributed by atoms with E-state index in [1.54, 1.807) is 24.8 Å². The van der Waals surface area contributed by atoms with Gasteiger partial charge >= 0.3 is 0 Å². The predicted octanol–water partition coefficient (Wildman–Crippen LogP) is 2.02. The number of nitrogens with one attached hydrogen (secondary N) is 2. The number of aromatic nitrogens is 6. The molecule has 0 bridgehead atoms. The van der Waals surface area contributed by atoms with Crippen molar-refractivity contribution in [3.05, 3.63) is 54.0 Å². The van der Waals surface area contributed by atoms with Crippen LogP contribution in [0.2, 0.25) is 5.02 Å². The number of halogens is 1. The van der Waals surface area contributed by atoms with Crippen molar-refractivity contribution in [2.45, 2.75) is 0 Å². The van der Waals surface area contributed by atoms with Crippen LogP contribution in [0.1, 0.15) is 5.82 Å². The Morgan fingerprint density at radius 3 is 3.00 bits per heavy atom. The Hall–Kier alpha value is -3.18. The summed E-state index contributed by atoms with van der Waals surface area (Å²) in [5.74, 6) is 0.219. The Kier molecular flexibility index (Phi) is 3.80. The van der Waals surface area contributed by atoms with Crippen molar-refractivity contribution in [2.75, 3.05) is 5.32 Å². The molecule has 0 amide bonds. The second kappa shape index (κ2) is 6.07. The van der Waals surface area contributed by atoms with E-state index in [2.05, 4.69) is 30.9 Å². The number of aromatic amines is 1. The maximum atomic E-state index is 9.08. The number of anilines is 1. The zero-order valence-electron chi connectivity index (χ0n) is 11.1. The molecule has 1 aromatic carbocycles. The molecule has 0 atom stereocenters. The Labute approximate surface area is 130 Å². The lowest BCUT2D eigenvalue weighted by atomic mass is 10.2. The number of nitriles is 1. The van der Waals surface area contributed by atoms with Gasteiger partial charge in [0.25, 0.3) is 0 Å². The zero-order valence-corrected chi connectivity index (χ0v) is 11.9. The van der Waals surface area contributed by atoms with E-state index in [1.165, 1.54) is 6.20 Å². The van der Waals surface area contributed by atoms with Crippen LogP contribution in [0, 0.1) is 11.3 Å². The summed E-state index contributed by atoms with van der Waals surface area (Å²) in [7, 11) is 0. The van der Waals surface area contributed by atoms with Gasteiger partial charge in [-0.1, -0.05) is 11.6 Å². The average molecular weight is 313 g/mol. The highest BCUT2D eigenvalue weighted by molar-refractivity contribution is 6.32. The van der Waals surface area contributed by atoms with Crippen molar-refractivity contribution < 1.29 is 0 Å². The van der Waals surface area contributed by atoms with E-state index in [9.17, 15) is 0 Å². The van der Waals surface area contributed by atoms with Gasteiger partial charge in [0.2, 0.25) is 5.82 Å². The van der Waals surface area contributed by atoms with Gasteiger partial charge in [-0.05, 0) is 23.4 Å². The van der Waals surface area contributed by atoms with Gasteiger partial charge in [-0.25, -0.2) is 4.98 Å². The Balaban J connectivity index is 1.82. The first-order valence-electron chi connectivity index (χ1n) is 6.16. The molecule has 3 rings (SSSR count). The van der Waals surface area contributed by atoms with Gasteiger partial charge < -0.3 is 9.88 Å². The fourth-order valence-corrected chi connectivity index (χ4v) is 2.06. The van der Waals surface area contributed by atoms with Crippen LogP contribution in [-0.4, -0.2) is 30.2 Å². The highest BCUT2D eigenvalue weighted by Gasteiger charge is 2.06. The predicted molar refractivity (Wildman–Crippen MR) is 80.0 cm³/mol. The normalized spacial score (nSPS) is 11.2. The van der Waals surface area contributed by atoms with Gasteiger partial charge in [0.1, 0.15) is 11.6 Å². The largest absolute Gasteiger partial charge is 0.360 e. The first-order valence-corrected chi connectivity index (χ1v) is 6.54. The van der Waals surface area contributed by atoms with Crippen molar-refractivity contribution in [3.63, 3.8) is 0 Å².